The Morgan fingerprint density at radius 3 is 2.71 bits per heavy atom. The second-order valence-electron chi connectivity index (χ2n) is 8.69. The van der Waals surface area contributed by atoms with Crippen LogP contribution in [-0.4, -0.2) is 68.4 Å². The van der Waals surface area contributed by atoms with Crippen molar-refractivity contribution in [1.82, 2.24) is 29.5 Å². The van der Waals surface area contributed by atoms with Gasteiger partial charge < -0.3 is 24.7 Å². The Labute approximate surface area is 216 Å². The third-order valence-corrected chi connectivity index (χ3v) is 6.26. The minimum atomic E-state index is -0.414. The molecule has 12 heteroatoms. The molecule has 11 nitrogen and oxygen atoms in total. The molecule has 194 valence electrons. The highest BCUT2D eigenvalue weighted by Gasteiger charge is 2.21. The molecule has 1 aliphatic rings. The molecule has 0 aliphatic carbocycles. The van der Waals surface area contributed by atoms with Crippen molar-refractivity contribution in [1.29, 1.82) is 0 Å². The molecule has 0 saturated carbocycles. The summed E-state index contributed by atoms with van der Waals surface area (Å²) in [7, 11) is 0. The molecule has 5 aromatic rings. The largest absolute Gasteiger partial charge is 0.462 e. The molecule has 6 rings (SSSR count). The maximum atomic E-state index is 13.5. The van der Waals surface area contributed by atoms with Crippen molar-refractivity contribution in [3.63, 3.8) is 0 Å². The summed E-state index contributed by atoms with van der Waals surface area (Å²) in [5, 5.41) is 3.34. The van der Waals surface area contributed by atoms with Crippen molar-refractivity contribution in [2.24, 2.45) is 0 Å². The summed E-state index contributed by atoms with van der Waals surface area (Å²) < 4.78 is 26.0. The van der Waals surface area contributed by atoms with Crippen molar-refractivity contribution in [3.8, 4) is 5.69 Å². The molecule has 0 unspecified atom stereocenters. The number of aromatic nitrogens is 6. The number of aromatic amines is 1. The third kappa shape index (κ3) is 4.50. The summed E-state index contributed by atoms with van der Waals surface area (Å²) >= 11 is 0. The number of nitrogens with one attached hydrogen (secondary N) is 2. The van der Waals surface area contributed by atoms with Crippen LogP contribution in [-0.2, 0) is 16.0 Å². The van der Waals surface area contributed by atoms with Gasteiger partial charge in [0.2, 0.25) is 5.95 Å². The average molecular weight is 517 g/mol. The molecule has 1 aliphatic heterocycles. The molecular weight excluding hydrogens is 491 g/mol. The normalized spacial score (nSPS) is 13.8. The number of ether oxygens (including phenoxy) is 2. The van der Waals surface area contributed by atoms with Gasteiger partial charge in [0.05, 0.1) is 37.4 Å². The van der Waals surface area contributed by atoms with Gasteiger partial charge in [-0.15, -0.1) is 0 Å². The molecular formula is C26H25FN8O3. The number of benzene rings is 2. The number of rotatable bonds is 7. The topological polar surface area (TPSA) is 123 Å². The zero-order valence-electron chi connectivity index (χ0n) is 20.6. The van der Waals surface area contributed by atoms with Crippen LogP contribution in [0.2, 0.25) is 0 Å². The zero-order valence-corrected chi connectivity index (χ0v) is 20.6. The number of H-pyrrole nitrogens is 1. The summed E-state index contributed by atoms with van der Waals surface area (Å²) in [6.45, 7) is 4.85. The van der Waals surface area contributed by atoms with Crippen LogP contribution in [0.5, 0.6) is 0 Å². The number of hydrogen-bond acceptors (Lipinski definition) is 9. The van der Waals surface area contributed by atoms with Crippen LogP contribution < -0.4 is 10.2 Å². The first-order valence-corrected chi connectivity index (χ1v) is 12.3. The van der Waals surface area contributed by atoms with Gasteiger partial charge in [-0.2, -0.15) is 9.97 Å². The van der Waals surface area contributed by atoms with Gasteiger partial charge in [-0.3, -0.25) is 4.57 Å². The van der Waals surface area contributed by atoms with Crippen molar-refractivity contribution in [3.05, 3.63) is 66.0 Å². The monoisotopic (exact) mass is 516 g/mol. The fourth-order valence-electron chi connectivity index (χ4n) is 4.42. The van der Waals surface area contributed by atoms with Crippen LogP contribution in [0.3, 0.4) is 0 Å². The number of fused-ring (bicyclic) bond motifs is 2. The molecule has 0 spiro atoms. The minimum Gasteiger partial charge on any atom is -0.462 e. The smallest absolute Gasteiger partial charge is 0.340 e. The molecule has 0 bridgehead atoms. The van der Waals surface area contributed by atoms with Gasteiger partial charge in [0.25, 0.3) is 0 Å². The van der Waals surface area contributed by atoms with Gasteiger partial charge in [-0.05, 0) is 43.3 Å². The number of para-hydroxylation sites is 1. The quantitative estimate of drug-likeness (QED) is 0.313. The van der Waals surface area contributed by atoms with Gasteiger partial charge in [0.15, 0.2) is 17.0 Å². The van der Waals surface area contributed by atoms with Gasteiger partial charge in [-0.25, -0.2) is 19.2 Å². The van der Waals surface area contributed by atoms with Gasteiger partial charge in [-0.1, -0.05) is 6.07 Å². The van der Waals surface area contributed by atoms with Crippen LogP contribution in [0.15, 0.2) is 48.8 Å². The Morgan fingerprint density at radius 2 is 1.92 bits per heavy atom. The molecule has 0 radical (unpaired) electrons. The van der Waals surface area contributed by atoms with E-state index in [1.165, 1.54) is 12.1 Å². The highest BCUT2D eigenvalue weighted by atomic mass is 19.1. The maximum absolute atomic E-state index is 13.5. The van der Waals surface area contributed by atoms with Crippen molar-refractivity contribution < 1.29 is 18.7 Å². The lowest BCUT2D eigenvalue weighted by molar-refractivity contribution is 0.0528. The van der Waals surface area contributed by atoms with Crippen LogP contribution in [0.25, 0.3) is 27.9 Å². The summed E-state index contributed by atoms with van der Waals surface area (Å²) in [5.41, 5.74) is 3.57. The van der Waals surface area contributed by atoms with E-state index in [0.29, 0.717) is 72.7 Å². The predicted octanol–water partition coefficient (Wildman–Crippen LogP) is 3.46. The molecule has 3 aromatic heterocycles. The first-order valence-electron chi connectivity index (χ1n) is 12.3. The first-order chi connectivity index (χ1) is 18.6. The van der Waals surface area contributed by atoms with E-state index in [1.807, 2.05) is 6.07 Å². The SMILES string of the molecule is CCOC(=O)c1cccc2[nH]c(CNc3nc(N4CCOCC4)nc4c3ncn4-c3ccc(F)cc3)nc12. The first kappa shape index (κ1) is 23.8. The fourth-order valence-corrected chi connectivity index (χ4v) is 4.42. The molecule has 2 aromatic carbocycles. The van der Waals surface area contributed by atoms with Crippen LogP contribution in [0.1, 0.15) is 23.1 Å². The van der Waals surface area contributed by atoms with E-state index in [0.717, 1.165) is 11.2 Å². The van der Waals surface area contributed by atoms with Crippen LogP contribution in [0.4, 0.5) is 16.2 Å². The summed E-state index contributed by atoms with van der Waals surface area (Å²) in [6.07, 6.45) is 1.65. The number of carbonyl (C=O) groups is 1. The molecule has 1 saturated heterocycles. The van der Waals surface area contributed by atoms with Crippen molar-refractivity contribution in [2.75, 3.05) is 43.1 Å². The Balaban J connectivity index is 1.36. The van der Waals surface area contributed by atoms with E-state index in [4.69, 9.17) is 19.4 Å². The Kier molecular flexibility index (Phi) is 6.30. The minimum absolute atomic E-state index is 0.286. The second kappa shape index (κ2) is 10.1. The molecule has 38 heavy (non-hydrogen) atoms. The summed E-state index contributed by atoms with van der Waals surface area (Å²) in [6, 6.07) is 11.5. The van der Waals surface area contributed by atoms with E-state index >= 15 is 0 Å². The lowest BCUT2D eigenvalue weighted by Crippen LogP contribution is -2.37. The number of carbonyl (C=O) groups excluding carboxylic acids is 1. The van der Waals surface area contributed by atoms with E-state index < -0.39 is 5.97 Å². The van der Waals surface area contributed by atoms with Crippen LogP contribution in [0, 0.1) is 5.82 Å². The molecule has 4 heterocycles. The Bertz CT molecular complexity index is 1610. The highest BCUT2D eigenvalue weighted by Crippen LogP contribution is 2.26. The molecule has 0 atom stereocenters. The summed E-state index contributed by atoms with van der Waals surface area (Å²) in [4.78, 5) is 36.5. The standard InChI is InChI=1S/C26H25FN8O3/c1-2-38-25(36)18-4-3-5-19-21(18)31-20(30-19)14-28-23-22-24(33-26(32-23)34-10-12-37-13-11-34)35(15-29-22)17-8-6-16(27)7-9-17/h3-9,15H,2,10-14H2,1H3,(H,30,31)(H,28,32,33). The molecule has 0 amide bonds. The van der Waals surface area contributed by atoms with E-state index in [2.05, 4.69) is 25.2 Å². The van der Waals surface area contributed by atoms with E-state index in [-0.39, 0.29) is 12.4 Å². The van der Waals surface area contributed by atoms with E-state index in [1.54, 1.807) is 42.1 Å². The van der Waals surface area contributed by atoms with Crippen LogP contribution >= 0.6 is 0 Å². The summed E-state index contributed by atoms with van der Waals surface area (Å²) in [5.74, 6) is 0.961. The second-order valence-corrected chi connectivity index (χ2v) is 8.69. The van der Waals surface area contributed by atoms with Gasteiger partial charge >= 0.3 is 5.97 Å². The van der Waals surface area contributed by atoms with Gasteiger partial charge in [0.1, 0.15) is 23.5 Å². The van der Waals surface area contributed by atoms with Gasteiger partial charge in [0, 0.05) is 18.8 Å². The lowest BCUT2D eigenvalue weighted by atomic mass is 10.2. The number of hydrogen-bond donors (Lipinski definition) is 2. The van der Waals surface area contributed by atoms with Crippen molar-refractivity contribution in [2.45, 2.75) is 13.5 Å². The molecule has 1 fully saturated rings. The number of esters is 1. The zero-order chi connectivity index (χ0) is 26.1. The maximum Gasteiger partial charge on any atom is 0.340 e. The highest BCUT2D eigenvalue weighted by molar-refractivity contribution is 6.02. The third-order valence-electron chi connectivity index (χ3n) is 6.26. The van der Waals surface area contributed by atoms with E-state index in [9.17, 15) is 9.18 Å². The van der Waals surface area contributed by atoms with Crippen molar-refractivity contribution >= 4 is 39.9 Å². The number of halogens is 1. The number of anilines is 2. The Morgan fingerprint density at radius 1 is 1.11 bits per heavy atom. The molecule has 2 N–H and O–H groups in total. The predicted molar refractivity (Wildman–Crippen MR) is 139 cm³/mol. The Hall–Kier alpha value is -4.58. The lowest BCUT2D eigenvalue weighted by Gasteiger charge is -2.27. The fraction of sp³-hybridized carbons (Fsp3) is 0.269. The number of nitrogens with zero attached hydrogens (tertiary/aromatic N) is 6. The average Bonchev–Trinajstić information content (AvgIpc) is 3.57. The number of imidazole rings is 2. The number of morpholine rings is 1.